The fourth-order valence-electron chi connectivity index (χ4n) is 6.72. The Bertz CT molecular complexity index is 1800. The first-order valence-corrected chi connectivity index (χ1v) is 18.6. The molecule has 0 saturated heterocycles. The lowest BCUT2D eigenvalue weighted by Crippen LogP contribution is -2.10. The van der Waals surface area contributed by atoms with Crippen molar-refractivity contribution in [1.29, 1.82) is 0 Å². The molecule has 1 N–H and O–H groups in total. The molecule has 0 bridgehead atoms. The average molecular weight is 669 g/mol. The van der Waals surface area contributed by atoms with Gasteiger partial charge >= 0.3 is 0 Å². The number of allylic oxidation sites excluding steroid dienone is 12. The largest absolute Gasteiger partial charge is 0.507 e. The maximum absolute atomic E-state index is 11.1. The van der Waals surface area contributed by atoms with Gasteiger partial charge in [-0.05, 0) is 102 Å². The summed E-state index contributed by atoms with van der Waals surface area (Å²) in [5, 5.41) is 11.1. The van der Waals surface area contributed by atoms with Crippen molar-refractivity contribution in [3.63, 3.8) is 0 Å². The van der Waals surface area contributed by atoms with Crippen LogP contribution in [0.25, 0.3) is 16.7 Å². The predicted octanol–water partition coefficient (Wildman–Crippen LogP) is 12.2. The highest BCUT2D eigenvalue weighted by Gasteiger charge is 2.20. The van der Waals surface area contributed by atoms with Crippen molar-refractivity contribution < 1.29 is 9.84 Å². The second kappa shape index (κ2) is 17.8. The van der Waals surface area contributed by atoms with E-state index in [4.69, 9.17) is 4.74 Å². The third-order valence-electron chi connectivity index (χ3n) is 9.63. The van der Waals surface area contributed by atoms with Crippen LogP contribution in [0.3, 0.4) is 0 Å². The number of fused-ring (bicyclic) bond motifs is 1. The van der Waals surface area contributed by atoms with Gasteiger partial charge in [0.25, 0.3) is 0 Å². The van der Waals surface area contributed by atoms with E-state index in [9.17, 15) is 5.11 Å². The number of ether oxygens (including phenoxy) is 1. The van der Waals surface area contributed by atoms with Crippen molar-refractivity contribution in [2.24, 2.45) is 0 Å². The molecule has 3 aromatic carbocycles. The number of anilines is 2. The van der Waals surface area contributed by atoms with Crippen LogP contribution in [0.4, 0.5) is 11.4 Å². The molecule has 1 heterocycles. The average Bonchev–Trinajstić information content (AvgIpc) is 3.12. The molecule has 0 fully saturated rings. The molecule has 1 aliphatic heterocycles. The van der Waals surface area contributed by atoms with Gasteiger partial charge in [0.05, 0.1) is 0 Å². The molecule has 0 aromatic heterocycles. The molecule has 3 aromatic rings. The van der Waals surface area contributed by atoms with Gasteiger partial charge in [-0.1, -0.05) is 93.8 Å². The predicted molar refractivity (Wildman–Crippen MR) is 216 cm³/mol. The quantitative estimate of drug-likeness (QED) is 0.137. The second-order valence-corrected chi connectivity index (χ2v) is 13.9. The smallest absolute Gasteiger partial charge is 0.136 e. The van der Waals surface area contributed by atoms with Crippen LogP contribution >= 0.6 is 0 Å². The SMILES string of the molecule is CCCCC/C=C(/C=C/C1=C(c2ccccc2)C(=C/C=C2\C=C(CCCC)Oc3cc(N(C)C)ccc32)/CCC1)c1ccc(N(C)C)cc1O. The molecule has 4 nitrogen and oxygen atoms in total. The van der Waals surface area contributed by atoms with E-state index in [-0.39, 0.29) is 0 Å². The van der Waals surface area contributed by atoms with Crippen LogP contribution in [0.15, 0.2) is 120 Å². The zero-order valence-corrected chi connectivity index (χ0v) is 31.1. The number of benzene rings is 3. The van der Waals surface area contributed by atoms with E-state index in [1.165, 1.54) is 40.7 Å². The summed E-state index contributed by atoms with van der Waals surface area (Å²) >= 11 is 0. The first-order chi connectivity index (χ1) is 24.3. The van der Waals surface area contributed by atoms with Gasteiger partial charge in [-0.3, -0.25) is 0 Å². The number of phenolic OH excluding ortho intramolecular Hbond substituents is 1. The van der Waals surface area contributed by atoms with Crippen LogP contribution in [-0.4, -0.2) is 33.3 Å². The molecule has 4 heteroatoms. The van der Waals surface area contributed by atoms with E-state index in [2.05, 4.69) is 130 Å². The number of phenols is 1. The summed E-state index contributed by atoms with van der Waals surface area (Å²) in [6, 6.07) is 23.4. The zero-order valence-electron chi connectivity index (χ0n) is 31.1. The number of hydrogen-bond donors (Lipinski definition) is 1. The Kier molecular flexibility index (Phi) is 13.0. The van der Waals surface area contributed by atoms with Crippen molar-refractivity contribution in [1.82, 2.24) is 0 Å². The van der Waals surface area contributed by atoms with Crippen LogP contribution in [0, 0.1) is 0 Å². The number of hydrogen-bond acceptors (Lipinski definition) is 4. The second-order valence-electron chi connectivity index (χ2n) is 13.9. The molecule has 0 saturated carbocycles. The lowest BCUT2D eigenvalue weighted by Gasteiger charge is -2.24. The van der Waals surface area contributed by atoms with E-state index < -0.39 is 0 Å². The number of unbranched alkanes of at least 4 members (excludes halogenated alkanes) is 4. The maximum atomic E-state index is 11.1. The van der Waals surface area contributed by atoms with E-state index in [0.717, 1.165) is 91.0 Å². The molecule has 1 aliphatic carbocycles. The minimum absolute atomic E-state index is 0.316. The fourth-order valence-corrected chi connectivity index (χ4v) is 6.72. The minimum atomic E-state index is 0.316. The third kappa shape index (κ3) is 9.29. The Labute approximate surface area is 301 Å². The molecule has 0 unspecified atom stereocenters. The lowest BCUT2D eigenvalue weighted by molar-refractivity contribution is 0.393. The van der Waals surface area contributed by atoms with Crippen LogP contribution < -0.4 is 14.5 Å². The first-order valence-electron chi connectivity index (χ1n) is 18.6. The molecule has 50 heavy (non-hydrogen) atoms. The highest BCUT2D eigenvalue weighted by molar-refractivity contribution is 5.88. The summed E-state index contributed by atoms with van der Waals surface area (Å²) in [6.07, 6.45) is 24.5. The van der Waals surface area contributed by atoms with Crippen molar-refractivity contribution >= 4 is 28.1 Å². The molecule has 0 amide bonds. The molecule has 0 spiro atoms. The van der Waals surface area contributed by atoms with Gasteiger partial charge in [-0.15, -0.1) is 0 Å². The standard InChI is InChI=1S/C46H56N2O2/c1-7-9-11-13-17-34(42-29-27-39(47(3)4)32-44(42)49)23-24-36-20-16-21-37(46(36)35-18-14-12-15-19-35)25-26-38-31-41(22-10-8-2)50-45-33-40(48(5)6)28-30-43(38)45/h12,14-15,17-19,23-33,49H,7-11,13,16,20-22H2,1-6H3/b24-23+,34-17-,37-25+,38-26+. The summed E-state index contributed by atoms with van der Waals surface area (Å²) in [7, 11) is 8.14. The van der Waals surface area contributed by atoms with Crippen LogP contribution in [-0.2, 0) is 0 Å². The molecule has 262 valence electrons. The first kappa shape index (κ1) is 36.6. The summed E-state index contributed by atoms with van der Waals surface area (Å²) in [5.74, 6) is 2.28. The molecule has 0 atom stereocenters. The number of nitrogens with zero attached hydrogens (tertiary/aromatic N) is 2. The normalized spacial score (nSPS) is 16.5. The van der Waals surface area contributed by atoms with Crippen LogP contribution in [0.5, 0.6) is 11.5 Å². The monoisotopic (exact) mass is 668 g/mol. The maximum Gasteiger partial charge on any atom is 0.136 e. The zero-order chi connectivity index (χ0) is 35.5. The Morgan fingerprint density at radius 1 is 0.820 bits per heavy atom. The van der Waals surface area contributed by atoms with Crippen molar-refractivity contribution in [3.05, 3.63) is 137 Å². The number of rotatable bonds is 14. The summed E-state index contributed by atoms with van der Waals surface area (Å²) in [5.41, 5.74) is 11.6. The van der Waals surface area contributed by atoms with Crippen LogP contribution in [0.2, 0.25) is 0 Å². The van der Waals surface area contributed by atoms with E-state index in [0.29, 0.717) is 5.75 Å². The van der Waals surface area contributed by atoms with E-state index in [1.807, 2.05) is 25.1 Å². The minimum Gasteiger partial charge on any atom is -0.507 e. The van der Waals surface area contributed by atoms with Crippen molar-refractivity contribution in [3.8, 4) is 11.5 Å². The number of aromatic hydroxyl groups is 1. The van der Waals surface area contributed by atoms with Gasteiger partial charge in [-0.2, -0.15) is 0 Å². The van der Waals surface area contributed by atoms with Gasteiger partial charge in [0.2, 0.25) is 0 Å². The van der Waals surface area contributed by atoms with Crippen LogP contribution in [0.1, 0.15) is 94.7 Å². The van der Waals surface area contributed by atoms with Crippen molar-refractivity contribution in [2.45, 2.75) is 78.1 Å². The third-order valence-corrected chi connectivity index (χ3v) is 9.63. The molecular weight excluding hydrogens is 613 g/mol. The summed E-state index contributed by atoms with van der Waals surface area (Å²) < 4.78 is 6.44. The Morgan fingerprint density at radius 2 is 1.56 bits per heavy atom. The van der Waals surface area contributed by atoms with E-state index in [1.54, 1.807) is 0 Å². The summed E-state index contributed by atoms with van der Waals surface area (Å²) in [4.78, 5) is 4.15. The van der Waals surface area contributed by atoms with Gasteiger partial charge in [-0.25, -0.2) is 0 Å². The van der Waals surface area contributed by atoms with Gasteiger partial charge in [0, 0.05) is 69.2 Å². The Hall–Kier alpha value is -4.70. The Balaban J connectivity index is 1.58. The topological polar surface area (TPSA) is 35.9 Å². The fraction of sp³-hybridized carbons (Fsp3) is 0.348. The highest BCUT2D eigenvalue weighted by atomic mass is 16.5. The molecular formula is C46H56N2O2. The summed E-state index contributed by atoms with van der Waals surface area (Å²) in [6.45, 7) is 4.46. The van der Waals surface area contributed by atoms with Crippen molar-refractivity contribution in [2.75, 3.05) is 38.0 Å². The lowest BCUT2D eigenvalue weighted by atomic mass is 9.82. The highest BCUT2D eigenvalue weighted by Crippen LogP contribution is 2.41. The van der Waals surface area contributed by atoms with Gasteiger partial charge < -0.3 is 19.6 Å². The van der Waals surface area contributed by atoms with Gasteiger partial charge in [0.1, 0.15) is 17.3 Å². The molecule has 0 radical (unpaired) electrons. The molecule has 2 aliphatic rings. The van der Waals surface area contributed by atoms with E-state index >= 15 is 0 Å². The van der Waals surface area contributed by atoms with Gasteiger partial charge in [0.15, 0.2) is 0 Å². The molecule has 5 rings (SSSR count). The Morgan fingerprint density at radius 3 is 2.28 bits per heavy atom.